The number of fused-ring (bicyclic) bond motifs is 5. The van der Waals surface area contributed by atoms with Gasteiger partial charge in [0.2, 0.25) is 0 Å². The number of rotatable bonds is 5. The highest BCUT2D eigenvalue weighted by atomic mass is 32.2. The van der Waals surface area contributed by atoms with Crippen molar-refractivity contribution < 1.29 is 23.2 Å². The lowest BCUT2D eigenvalue weighted by Crippen LogP contribution is -2.62. The van der Waals surface area contributed by atoms with Crippen LogP contribution in [0.3, 0.4) is 0 Å². The predicted octanol–water partition coefficient (Wildman–Crippen LogP) is 4.53. The van der Waals surface area contributed by atoms with Gasteiger partial charge in [-0.25, -0.2) is 0 Å². The van der Waals surface area contributed by atoms with Gasteiger partial charge in [-0.05, 0) is 104 Å². The van der Waals surface area contributed by atoms with Crippen LogP contribution in [0.5, 0.6) is 0 Å². The molecule has 4 unspecified atom stereocenters. The van der Waals surface area contributed by atoms with Crippen LogP contribution in [0.15, 0.2) is 0 Å². The molecule has 4 fully saturated rings. The Kier molecular flexibility index (Phi) is 6.38. The number of aliphatic hydroxyl groups excluding tert-OH is 2. The van der Waals surface area contributed by atoms with E-state index in [-0.39, 0.29) is 40.6 Å². The fraction of sp³-hybridized carbons (Fsp3) is 1.00. The van der Waals surface area contributed by atoms with E-state index in [1.807, 2.05) is 0 Å². The lowest BCUT2D eigenvalue weighted by Gasteiger charge is -2.64. The standard InChI is InChI=1S/C25H44O5S/c1-5-17-21-14-16(26)8-11-25(21,4)20-9-12-24(3)18(15(2)10-13-31(28,29)30)6-7-19(24)22(20)23(17)27/h15-23,26-27H,5-14H2,1-4H3,(H,28,29,30)/t15-,16-,17-,18-,19?,20?,21+,22?,23?,24-,25-/m1/s1. The van der Waals surface area contributed by atoms with Crippen LogP contribution in [0.2, 0.25) is 0 Å². The molecule has 5 nitrogen and oxygen atoms in total. The van der Waals surface area contributed by atoms with Gasteiger partial charge in [-0.1, -0.05) is 34.1 Å². The summed E-state index contributed by atoms with van der Waals surface area (Å²) in [7, 11) is -3.92. The molecular weight excluding hydrogens is 412 g/mol. The third-order valence-corrected chi connectivity index (χ3v) is 11.7. The Labute approximate surface area is 189 Å². The molecule has 0 aromatic heterocycles. The predicted molar refractivity (Wildman–Crippen MR) is 122 cm³/mol. The zero-order valence-electron chi connectivity index (χ0n) is 19.8. The summed E-state index contributed by atoms with van der Waals surface area (Å²) in [6.45, 7) is 9.22. The van der Waals surface area contributed by atoms with E-state index < -0.39 is 10.1 Å². The summed E-state index contributed by atoms with van der Waals surface area (Å²) in [5.74, 6) is 2.55. The van der Waals surface area contributed by atoms with Crippen LogP contribution in [0.25, 0.3) is 0 Å². The first-order chi connectivity index (χ1) is 14.4. The minimum atomic E-state index is -3.92. The highest BCUT2D eigenvalue weighted by Gasteiger charge is 2.64. The van der Waals surface area contributed by atoms with Crippen molar-refractivity contribution in [1.29, 1.82) is 0 Å². The average molecular weight is 457 g/mol. The Morgan fingerprint density at radius 3 is 2.26 bits per heavy atom. The molecule has 4 aliphatic rings. The maximum absolute atomic E-state index is 11.7. The van der Waals surface area contributed by atoms with E-state index in [4.69, 9.17) is 0 Å². The van der Waals surface area contributed by atoms with E-state index in [1.54, 1.807) is 0 Å². The molecule has 0 saturated heterocycles. The second kappa shape index (κ2) is 8.25. The number of aliphatic hydroxyl groups is 2. The van der Waals surface area contributed by atoms with Crippen molar-refractivity contribution in [3.8, 4) is 0 Å². The van der Waals surface area contributed by atoms with Gasteiger partial charge in [-0.3, -0.25) is 4.55 Å². The molecule has 3 N–H and O–H groups in total. The van der Waals surface area contributed by atoms with Gasteiger partial charge < -0.3 is 10.2 Å². The summed E-state index contributed by atoms with van der Waals surface area (Å²) in [6, 6.07) is 0. The molecule has 0 spiro atoms. The molecule has 0 aromatic rings. The SMILES string of the molecule is CC[C@H]1C(O)C2C3CC[C@H]([C@H](C)CCS(=O)(=O)O)[C@@]3(C)CCC2[C@@]2(C)CC[C@@H](O)C[C@@H]12. The van der Waals surface area contributed by atoms with Crippen molar-refractivity contribution in [3.63, 3.8) is 0 Å². The maximum Gasteiger partial charge on any atom is 0.264 e. The van der Waals surface area contributed by atoms with Gasteiger partial charge in [0.15, 0.2) is 0 Å². The van der Waals surface area contributed by atoms with Crippen LogP contribution in [0, 0.1) is 52.3 Å². The van der Waals surface area contributed by atoms with Crippen LogP contribution in [0.4, 0.5) is 0 Å². The third-order valence-electron chi connectivity index (χ3n) is 11.0. The highest BCUT2D eigenvalue weighted by Crippen LogP contribution is 2.69. The summed E-state index contributed by atoms with van der Waals surface area (Å²) in [6.07, 6.45) is 8.26. The van der Waals surface area contributed by atoms with Gasteiger partial charge in [0, 0.05) is 0 Å². The fourth-order valence-electron chi connectivity index (χ4n) is 9.47. The molecule has 6 heteroatoms. The van der Waals surface area contributed by atoms with Crippen molar-refractivity contribution in [2.24, 2.45) is 52.3 Å². The molecule has 180 valence electrons. The molecule has 31 heavy (non-hydrogen) atoms. The van der Waals surface area contributed by atoms with E-state index in [1.165, 1.54) is 0 Å². The van der Waals surface area contributed by atoms with Gasteiger partial charge >= 0.3 is 0 Å². The zero-order valence-corrected chi connectivity index (χ0v) is 20.7. The monoisotopic (exact) mass is 456 g/mol. The van der Waals surface area contributed by atoms with Crippen LogP contribution in [-0.2, 0) is 10.1 Å². The van der Waals surface area contributed by atoms with E-state index in [2.05, 4.69) is 27.7 Å². The number of hydrogen-bond donors (Lipinski definition) is 3. The van der Waals surface area contributed by atoms with Crippen molar-refractivity contribution >= 4 is 10.1 Å². The second-order valence-corrected chi connectivity index (χ2v) is 13.7. The molecule has 0 radical (unpaired) electrons. The van der Waals surface area contributed by atoms with Crippen LogP contribution in [0.1, 0.15) is 85.5 Å². The van der Waals surface area contributed by atoms with Crippen LogP contribution >= 0.6 is 0 Å². The highest BCUT2D eigenvalue weighted by molar-refractivity contribution is 7.85. The molecule has 0 aliphatic heterocycles. The van der Waals surface area contributed by atoms with Gasteiger partial charge in [0.25, 0.3) is 10.1 Å². The van der Waals surface area contributed by atoms with Gasteiger partial charge in [-0.2, -0.15) is 8.42 Å². The smallest absolute Gasteiger partial charge is 0.264 e. The molecule has 4 rings (SSSR count). The summed E-state index contributed by atoms with van der Waals surface area (Å²) < 4.78 is 31.9. The maximum atomic E-state index is 11.7. The largest absolute Gasteiger partial charge is 0.393 e. The van der Waals surface area contributed by atoms with Gasteiger partial charge in [0.05, 0.1) is 18.0 Å². The summed E-state index contributed by atoms with van der Waals surface area (Å²) in [4.78, 5) is 0. The average Bonchev–Trinajstić information content (AvgIpc) is 3.04. The van der Waals surface area contributed by atoms with Crippen LogP contribution < -0.4 is 0 Å². The minimum absolute atomic E-state index is 0.135. The minimum Gasteiger partial charge on any atom is -0.393 e. The summed E-state index contributed by atoms with van der Waals surface area (Å²) in [5.41, 5.74) is 0.344. The quantitative estimate of drug-likeness (QED) is 0.529. The molecular formula is C25H44O5S. The Balaban J connectivity index is 1.61. The van der Waals surface area contributed by atoms with Crippen molar-refractivity contribution in [2.75, 3.05) is 5.75 Å². The Morgan fingerprint density at radius 1 is 0.968 bits per heavy atom. The molecule has 0 heterocycles. The van der Waals surface area contributed by atoms with Crippen LogP contribution in [-0.4, -0.2) is 41.1 Å². The van der Waals surface area contributed by atoms with E-state index in [0.29, 0.717) is 36.0 Å². The molecule has 11 atom stereocenters. The third kappa shape index (κ3) is 3.91. The van der Waals surface area contributed by atoms with E-state index >= 15 is 0 Å². The first-order valence-electron chi connectivity index (χ1n) is 12.7. The molecule has 0 amide bonds. The lowest BCUT2D eigenvalue weighted by molar-refractivity contribution is -0.203. The zero-order chi connectivity index (χ0) is 22.8. The van der Waals surface area contributed by atoms with Gasteiger partial charge in [-0.15, -0.1) is 0 Å². The number of hydrogen-bond acceptors (Lipinski definition) is 4. The van der Waals surface area contributed by atoms with Gasteiger partial charge in [0.1, 0.15) is 0 Å². The Bertz CT molecular complexity index is 768. The molecule has 0 bridgehead atoms. The molecule has 0 aromatic carbocycles. The second-order valence-electron chi connectivity index (χ2n) is 12.2. The summed E-state index contributed by atoms with van der Waals surface area (Å²) >= 11 is 0. The topological polar surface area (TPSA) is 94.8 Å². The normalized spacial score (nSPS) is 50.9. The molecule has 4 saturated carbocycles. The fourth-order valence-corrected chi connectivity index (χ4v) is 10.1. The van der Waals surface area contributed by atoms with E-state index in [0.717, 1.165) is 51.4 Å². The van der Waals surface area contributed by atoms with Crippen molar-refractivity contribution in [3.05, 3.63) is 0 Å². The first kappa shape index (κ1) is 24.0. The first-order valence-corrected chi connectivity index (χ1v) is 14.3. The van der Waals surface area contributed by atoms with Crippen molar-refractivity contribution in [2.45, 2.75) is 97.7 Å². The Morgan fingerprint density at radius 2 is 1.61 bits per heavy atom. The van der Waals surface area contributed by atoms with Crippen molar-refractivity contribution in [1.82, 2.24) is 0 Å². The lowest BCUT2D eigenvalue weighted by atomic mass is 9.41. The Hall–Kier alpha value is -0.170. The summed E-state index contributed by atoms with van der Waals surface area (Å²) in [5, 5.41) is 22.1. The molecule has 4 aliphatic carbocycles. The van der Waals surface area contributed by atoms with E-state index in [9.17, 15) is 23.2 Å².